The van der Waals surface area contributed by atoms with Gasteiger partial charge in [-0.25, -0.2) is 4.79 Å². The summed E-state index contributed by atoms with van der Waals surface area (Å²) in [5.74, 6) is -1.96. The van der Waals surface area contributed by atoms with Gasteiger partial charge >= 0.3 is 5.97 Å². The second-order valence-electron chi connectivity index (χ2n) is 4.79. The van der Waals surface area contributed by atoms with Gasteiger partial charge in [-0.2, -0.15) is 0 Å². The molecule has 1 aromatic heterocycles. The van der Waals surface area contributed by atoms with E-state index in [1.165, 1.54) is 18.6 Å². The molecule has 0 bridgehead atoms. The third kappa shape index (κ3) is 5.29. The van der Waals surface area contributed by atoms with Gasteiger partial charge in [0.1, 0.15) is 12.3 Å². The van der Waals surface area contributed by atoms with Crippen molar-refractivity contribution in [2.75, 3.05) is 6.54 Å². The summed E-state index contributed by atoms with van der Waals surface area (Å²) >= 11 is 0. The normalized spacial score (nSPS) is 13.2. The Morgan fingerprint density at radius 3 is 2.62 bits per heavy atom. The van der Waals surface area contributed by atoms with E-state index in [9.17, 15) is 14.4 Å². The zero-order valence-electron chi connectivity index (χ0n) is 12.1. The van der Waals surface area contributed by atoms with Crippen LogP contribution in [0.25, 0.3) is 0 Å². The van der Waals surface area contributed by atoms with Gasteiger partial charge in [0.05, 0.1) is 11.8 Å². The molecule has 116 valence electrons. The molecule has 3 N–H and O–H groups in total. The molecule has 1 aromatic rings. The van der Waals surface area contributed by atoms with E-state index >= 15 is 0 Å². The van der Waals surface area contributed by atoms with Crippen LogP contribution in [-0.4, -0.2) is 35.5 Å². The lowest BCUT2D eigenvalue weighted by Gasteiger charge is -2.20. The lowest BCUT2D eigenvalue weighted by Crippen LogP contribution is -2.45. The summed E-state index contributed by atoms with van der Waals surface area (Å²) in [5, 5.41) is 14.1. The van der Waals surface area contributed by atoms with Crippen molar-refractivity contribution in [3.8, 4) is 0 Å². The summed E-state index contributed by atoms with van der Waals surface area (Å²) in [6.45, 7) is 3.75. The SMILES string of the molecule is CCC(C)[C@H](NC(=O)CCNC(=O)c1ccoc1)C(=O)O. The van der Waals surface area contributed by atoms with Gasteiger partial charge in [0.25, 0.3) is 5.91 Å². The van der Waals surface area contributed by atoms with E-state index in [0.717, 1.165) is 0 Å². The first kappa shape index (κ1) is 16.7. The van der Waals surface area contributed by atoms with E-state index in [1.807, 2.05) is 6.92 Å². The molecule has 0 aliphatic carbocycles. The Hall–Kier alpha value is -2.31. The van der Waals surface area contributed by atoms with Crippen LogP contribution in [-0.2, 0) is 9.59 Å². The fourth-order valence-corrected chi connectivity index (χ4v) is 1.71. The molecule has 0 aliphatic rings. The molecule has 2 atom stereocenters. The van der Waals surface area contributed by atoms with E-state index in [-0.39, 0.29) is 24.8 Å². The second-order valence-corrected chi connectivity index (χ2v) is 4.79. The Labute approximate surface area is 122 Å². The summed E-state index contributed by atoms with van der Waals surface area (Å²) in [6.07, 6.45) is 3.35. The lowest BCUT2D eigenvalue weighted by atomic mass is 9.99. The first-order valence-electron chi connectivity index (χ1n) is 6.78. The first-order chi connectivity index (χ1) is 9.95. The van der Waals surface area contributed by atoms with Gasteiger partial charge in [-0.05, 0) is 12.0 Å². The quantitative estimate of drug-likeness (QED) is 0.663. The molecule has 1 rings (SSSR count). The Bertz CT molecular complexity index is 484. The van der Waals surface area contributed by atoms with Gasteiger partial charge in [-0.1, -0.05) is 20.3 Å². The average molecular weight is 296 g/mol. The molecule has 0 aliphatic heterocycles. The highest BCUT2D eigenvalue weighted by atomic mass is 16.4. The van der Waals surface area contributed by atoms with Crippen LogP contribution in [0.15, 0.2) is 23.0 Å². The fourth-order valence-electron chi connectivity index (χ4n) is 1.71. The van der Waals surface area contributed by atoms with Crippen molar-refractivity contribution in [3.05, 3.63) is 24.2 Å². The van der Waals surface area contributed by atoms with Crippen LogP contribution in [0.1, 0.15) is 37.0 Å². The van der Waals surface area contributed by atoms with Crippen LogP contribution in [0.2, 0.25) is 0 Å². The summed E-state index contributed by atoms with van der Waals surface area (Å²) < 4.78 is 4.78. The summed E-state index contributed by atoms with van der Waals surface area (Å²) in [7, 11) is 0. The Morgan fingerprint density at radius 1 is 1.38 bits per heavy atom. The van der Waals surface area contributed by atoms with Crippen molar-refractivity contribution >= 4 is 17.8 Å². The zero-order valence-corrected chi connectivity index (χ0v) is 12.1. The van der Waals surface area contributed by atoms with Gasteiger partial charge < -0.3 is 20.2 Å². The van der Waals surface area contributed by atoms with Gasteiger partial charge in [0.15, 0.2) is 0 Å². The minimum atomic E-state index is -1.06. The molecule has 2 amide bonds. The molecular weight excluding hydrogens is 276 g/mol. The van der Waals surface area contributed by atoms with E-state index in [4.69, 9.17) is 9.52 Å². The zero-order chi connectivity index (χ0) is 15.8. The van der Waals surface area contributed by atoms with Crippen LogP contribution in [0.3, 0.4) is 0 Å². The highest BCUT2D eigenvalue weighted by Crippen LogP contribution is 2.08. The summed E-state index contributed by atoms with van der Waals surface area (Å²) in [5.41, 5.74) is 0.374. The topological polar surface area (TPSA) is 109 Å². The average Bonchev–Trinajstić information content (AvgIpc) is 2.97. The number of carbonyl (C=O) groups is 3. The molecule has 21 heavy (non-hydrogen) atoms. The van der Waals surface area contributed by atoms with Gasteiger partial charge in [-0.3, -0.25) is 9.59 Å². The van der Waals surface area contributed by atoms with Crippen molar-refractivity contribution in [1.82, 2.24) is 10.6 Å². The molecular formula is C14H20N2O5. The third-order valence-electron chi connectivity index (χ3n) is 3.22. The number of rotatable bonds is 8. The minimum absolute atomic E-state index is 0.0177. The van der Waals surface area contributed by atoms with Crippen LogP contribution in [0.5, 0.6) is 0 Å². The molecule has 1 heterocycles. The number of hydrogen-bond acceptors (Lipinski definition) is 4. The van der Waals surface area contributed by atoms with E-state index in [1.54, 1.807) is 6.92 Å². The van der Waals surface area contributed by atoms with Gasteiger partial charge in [0.2, 0.25) is 5.91 Å². The van der Waals surface area contributed by atoms with Crippen LogP contribution in [0, 0.1) is 5.92 Å². The van der Waals surface area contributed by atoms with Gasteiger partial charge in [0, 0.05) is 13.0 Å². The number of carboxylic acids is 1. The Balaban J connectivity index is 2.36. The van der Waals surface area contributed by atoms with Gasteiger partial charge in [-0.15, -0.1) is 0 Å². The molecule has 1 unspecified atom stereocenters. The van der Waals surface area contributed by atoms with E-state index in [2.05, 4.69) is 10.6 Å². The maximum Gasteiger partial charge on any atom is 0.326 e. The summed E-state index contributed by atoms with van der Waals surface area (Å²) in [4.78, 5) is 34.4. The first-order valence-corrected chi connectivity index (χ1v) is 6.78. The molecule has 0 spiro atoms. The second kappa shape index (κ2) is 8.08. The Kier molecular flexibility index (Phi) is 6.45. The number of furan rings is 1. The van der Waals surface area contributed by atoms with Crippen molar-refractivity contribution in [2.45, 2.75) is 32.7 Å². The number of hydrogen-bond donors (Lipinski definition) is 3. The van der Waals surface area contributed by atoms with Crippen molar-refractivity contribution in [1.29, 1.82) is 0 Å². The van der Waals surface area contributed by atoms with Crippen molar-refractivity contribution in [2.24, 2.45) is 5.92 Å². The standard InChI is InChI=1S/C14H20N2O5/c1-3-9(2)12(14(19)20)16-11(17)4-6-15-13(18)10-5-7-21-8-10/h5,7-9,12H,3-4,6H2,1-2H3,(H,15,18)(H,16,17)(H,19,20)/t9?,12-/m0/s1. The Morgan fingerprint density at radius 2 is 2.10 bits per heavy atom. The van der Waals surface area contributed by atoms with Crippen LogP contribution >= 0.6 is 0 Å². The molecule has 0 radical (unpaired) electrons. The highest BCUT2D eigenvalue weighted by Gasteiger charge is 2.24. The molecule has 0 saturated heterocycles. The van der Waals surface area contributed by atoms with Crippen LogP contribution in [0.4, 0.5) is 0 Å². The molecule has 0 saturated carbocycles. The number of aliphatic carboxylic acids is 1. The fraction of sp³-hybridized carbons (Fsp3) is 0.500. The van der Waals surface area contributed by atoms with E-state index < -0.39 is 17.9 Å². The van der Waals surface area contributed by atoms with Crippen molar-refractivity contribution < 1.29 is 23.9 Å². The maximum atomic E-state index is 11.7. The number of carboxylic acid groups (broad SMARTS) is 1. The van der Waals surface area contributed by atoms with E-state index in [0.29, 0.717) is 12.0 Å². The number of amides is 2. The van der Waals surface area contributed by atoms with Crippen molar-refractivity contribution in [3.63, 3.8) is 0 Å². The molecule has 7 nitrogen and oxygen atoms in total. The predicted octanol–water partition coefficient (Wildman–Crippen LogP) is 1.01. The monoisotopic (exact) mass is 296 g/mol. The smallest absolute Gasteiger partial charge is 0.326 e. The minimum Gasteiger partial charge on any atom is -0.480 e. The number of nitrogens with one attached hydrogen (secondary N) is 2. The highest BCUT2D eigenvalue weighted by molar-refractivity contribution is 5.94. The molecule has 7 heteroatoms. The molecule has 0 fully saturated rings. The third-order valence-corrected chi connectivity index (χ3v) is 3.22. The predicted molar refractivity (Wildman–Crippen MR) is 74.7 cm³/mol. The lowest BCUT2D eigenvalue weighted by molar-refractivity contribution is -0.143. The molecule has 0 aromatic carbocycles. The summed E-state index contributed by atoms with van der Waals surface area (Å²) in [6, 6.07) is 0.603. The van der Waals surface area contributed by atoms with Crippen LogP contribution < -0.4 is 10.6 Å². The number of carbonyl (C=O) groups excluding carboxylic acids is 2. The largest absolute Gasteiger partial charge is 0.480 e. The maximum absolute atomic E-state index is 11.7.